The number of hydrogen-bond donors (Lipinski definition) is 3. The van der Waals surface area contributed by atoms with E-state index < -0.39 is 11.8 Å². The molecule has 0 fully saturated rings. The van der Waals surface area contributed by atoms with Gasteiger partial charge in [0.1, 0.15) is 5.75 Å². The molecule has 0 heterocycles. The maximum absolute atomic E-state index is 11.7. The van der Waals surface area contributed by atoms with Gasteiger partial charge in [-0.05, 0) is 37.1 Å². The summed E-state index contributed by atoms with van der Waals surface area (Å²) in [5, 5.41) is 11.6. The lowest BCUT2D eigenvalue weighted by Gasteiger charge is -2.14. The fourth-order valence-electron chi connectivity index (χ4n) is 1.65. The minimum absolute atomic E-state index is 0.129. The van der Waals surface area contributed by atoms with Crippen LogP contribution < -0.4 is 11.1 Å². The smallest absolute Gasteiger partial charge is 0.318 e. The molecule has 7 heteroatoms. The molecule has 3 amide bonds. The number of phenols is 1. The summed E-state index contributed by atoms with van der Waals surface area (Å²) in [6.07, 6.45) is 1.30. The number of hydrogen-bond acceptors (Lipinski definition) is 5. The Morgan fingerprint density at radius 2 is 1.95 bits per heavy atom. The molecule has 7 nitrogen and oxygen atoms in total. The lowest BCUT2D eigenvalue weighted by molar-refractivity contribution is -0.148. The van der Waals surface area contributed by atoms with Gasteiger partial charge >= 0.3 is 11.8 Å². The fourth-order valence-corrected chi connectivity index (χ4v) is 1.65. The molecule has 0 saturated heterocycles. The number of imide groups is 1. The summed E-state index contributed by atoms with van der Waals surface area (Å²) in [4.78, 5) is 34.8. The fraction of sp³-hybridized carbons (Fsp3) is 0.357. The van der Waals surface area contributed by atoms with Gasteiger partial charge in [0, 0.05) is 13.1 Å². The zero-order valence-corrected chi connectivity index (χ0v) is 11.6. The average Bonchev–Trinajstić information content (AvgIpc) is 2.49. The highest BCUT2D eigenvalue weighted by Crippen LogP contribution is 2.09. The predicted octanol–water partition coefficient (Wildman–Crippen LogP) is -0.615. The second kappa shape index (κ2) is 8.70. The maximum atomic E-state index is 11.7. The van der Waals surface area contributed by atoms with Crippen molar-refractivity contribution < 1.29 is 19.5 Å². The van der Waals surface area contributed by atoms with E-state index in [1.54, 1.807) is 24.3 Å². The number of nitrogens with zero attached hydrogens (tertiary/aromatic N) is 1. The Kier molecular flexibility index (Phi) is 6.90. The van der Waals surface area contributed by atoms with E-state index in [-0.39, 0.29) is 18.8 Å². The largest absolute Gasteiger partial charge is 0.508 e. The van der Waals surface area contributed by atoms with E-state index in [0.717, 1.165) is 10.5 Å². The van der Waals surface area contributed by atoms with Crippen molar-refractivity contribution in [1.29, 1.82) is 0 Å². The maximum Gasteiger partial charge on any atom is 0.318 e. The van der Waals surface area contributed by atoms with Crippen LogP contribution in [0.3, 0.4) is 0 Å². The number of nitrogens with two attached hydrogens (primary N) is 1. The van der Waals surface area contributed by atoms with E-state index in [1.807, 2.05) is 0 Å². The van der Waals surface area contributed by atoms with Crippen molar-refractivity contribution in [2.45, 2.75) is 12.8 Å². The first kappa shape index (κ1) is 16.6. The summed E-state index contributed by atoms with van der Waals surface area (Å²) < 4.78 is 0. The van der Waals surface area contributed by atoms with Crippen molar-refractivity contribution in [3.63, 3.8) is 0 Å². The van der Waals surface area contributed by atoms with Crippen LogP contribution >= 0.6 is 0 Å². The zero-order valence-electron chi connectivity index (χ0n) is 11.6. The quantitative estimate of drug-likeness (QED) is 0.458. The summed E-state index contributed by atoms with van der Waals surface area (Å²) in [7, 11) is 0. The molecule has 0 aromatic heterocycles. The van der Waals surface area contributed by atoms with Crippen molar-refractivity contribution in [3.8, 4) is 5.75 Å². The van der Waals surface area contributed by atoms with Crippen LogP contribution in [-0.2, 0) is 20.8 Å². The van der Waals surface area contributed by atoms with Gasteiger partial charge in [0.25, 0.3) is 0 Å². The van der Waals surface area contributed by atoms with Crippen LogP contribution in [-0.4, -0.2) is 47.9 Å². The van der Waals surface area contributed by atoms with Crippen molar-refractivity contribution in [1.82, 2.24) is 10.2 Å². The summed E-state index contributed by atoms with van der Waals surface area (Å²) >= 11 is 0. The molecule has 0 aliphatic rings. The highest BCUT2D eigenvalue weighted by Gasteiger charge is 2.20. The summed E-state index contributed by atoms with van der Waals surface area (Å²) in [6, 6.07) is 6.54. The molecule has 0 spiro atoms. The number of amides is 3. The molecule has 0 radical (unpaired) electrons. The molecule has 0 atom stereocenters. The van der Waals surface area contributed by atoms with Crippen molar-refractivity contribution in [3.05, 3.63) is 29.8 Å². The van der Waals surface area contributed by atoms with E-state index in [1.165, 1.54) is 0 Å². The van der Waals surface area contributed by atoms with Gasteiger partial charge in [0.2, 0.25) is 6.41 Å². The Bertz CT molecular complexity index is 487. The highest BCUT2D eigenvalue weighted by molar-refractivity contribution is 6.36. The van der Waals surface area contributed by atoms with Crippen molar-refractivity contribution in [2.24, 2.45) is 5.73 Å². The van der Waals surface area contributed by atoms with Crippen LogP contribution in [0, 0.1) is 0 Å². The Labute approximate surface area is 122 Å². The van der Waals surface area contributed by atoms with Crippen LogP contribution in [0.5, 0.6) is 5.75 Å². The van der Waals surface area contributed by atoms with Gasteiger partial charge < -0.3 is 16.2 Å². The summed E-state index contributed by atoms with van der Waals surface area (Å²) in [6.45, 7) is 0.725. The normalized spacial score (nSPS) is 9.95. The standard InChI is InChI=1S/C14H19N3O4/c15-7-1-9-17(10-18)14(21)13(20)16-8-6-11-2-4-12(19)5-3-11/h2-5,10,19H,1,6-9,15H2,(H,16,20). The molecular weight excluding hydrogens is 274 g/mol. The van der Waals surface area contributed by atoms with Gasteiger partial charge in [0.05, 0.1) is 0 Å². The van der Waals surface area contributed by atoms with Crippen LogP contribution in [0.4, 0.5) is 0 Å². The van der Waals surface area contributed by atoms with Gasteiger partial charge in [-0.3, -0.25) is 19.3 Å². The predicted molar refractivity (Wildman–Crippen MR) is 76.3 cm³/mol. The van der Waals surface area contributed by atoms with E-state index >= 15 is 0 Å². The SMILES string of the molecule is NCCCN(C=O)C(=O)C(=O)NCCc1ccc(O)cc1. The first-order chi connectivity index (χ1) is 10.1. The minimum atomic E-state index is -0.885. The third-order valence-corrected chi connectivity index (χ3v) is 2.82. The number of aromatic hydroxyl groups is 1. The Balaban J connectivity index is 2.39. The second-order valence-electron chi connectivity index (χ2n) is 4.42. The number of carbonyl (C=O) groups excluding carboxylic acids is 3. The van der Waals surface area contributed by atoms with Crippen LogP contribution in [0.25, 0.3) is 0 Å². The summed E-state index contributed by atoms with van der Waals surface area (Å²) in [5.74, 6) is -1.54. The first-order valence-electron chi connectivity index (χ1n) is 6.60. The number of nitrogens with one attached hydrogen (secondary N) is 1. The Hall–Kier alpha value is -2.41. The molecule has 21 heavy (non-hydrogen) atoms. The van der Waals surface area contributed by atoms with E-state index in [2.05, 4.69) is 5.32 Å². The van der Waals surface area contributed by atoms with E-state index in [0.29, 0.717) is 25.8 Å². The monoisotopic (exact) mass is 293 g/mol. The molecule has 0 bridgehead atoms. The van der Waals surface area contributed by atoms with Crippen LogP contribution in [0.2, 0.25) is 0 Å². The van der Waals surface area contributed by atoms with Gasteiger partial charge in [-0.1, -0.05) is 12.1 Å². The number of phenolic OH excluding ortho intramolecular Hbond substituents is 1. The number of benzene rings is 1. The van der Waals surface area contributed by atoms with Crippen molar-refractivity contribution in [2.75, 3.05) is 19.6 Å². The van der Waals surface area contributed by atoms with Gasteiger partial charge in [0.15, 0.2) is 0 Å². The van der Waals surface area contributed by atoms with Gasteiger partial charge in [-0.25, -0.2) is 0 Å². The average molecular weight is 293 g/mol. The molecule has 4 N–H and O–H groups in total. The molecule has 0 aliphatic heterocycles. The topological polar surface area (TPSA) is 113 Å². The van der Waals surface area contributed by atoms with Crippen molar-refractivity contribution >= 4 is 18.2 Å². The zero-order chi connectivity index (χ0) is 15.7. The van der Waals surface area contributed by atoms with E-state index in [9.17, 15) is 14.4 Å². The number of carbonyl (C=O) groups is 3. The van der Waals surface area contributed by atoms with Crippen LogP contribution in [0.15, 0.2) is 24.3 Å². The molecule has 0 aliphatic carbocycles. The molecule has 1 rings (SSSR count). The third-order valence-electron chi connectivity index (χ3n) is 2.82. The molecule has 0 unspecified atom stereocenters. The third kappa shape index (κ3) is 5.62. The molecular formula is C14H19N3O4. The van der Waals surface area contributed by atoms with Gasteiger partial charge in [-0.15, -0.1) is 0 Å². The van der Waals surface area contributed by atoms with Crippen LogP contribution in [0.1, 0.15) is 12.0 Å². The lowest BCUT2D eigenvalue weighted by atomic mass is 10.1. The van der Waals surface area contributed by atoms with Gasteiger partial charge in [-0.2, -0.15) is 0 Å². The van der Waals surface area contributed by atoms with E-state index in [4.69, 9.17) is 10.8 Å². The minimum Gasteiger partial charge on any atom is -0.508 e. The first-order valence-corrected chi connectivity index (χ1v) is 6.60. The highest BCUT2D eigenvalue weighted by atomic mass is 16.3. The second-order valence-corrected chi connectivity index (χ2v) is 4.42. The molecule has 1 aromatic rings. The molecule has 0 saturated carbocycles. The number of rotatable bonds is 7. The Morgan fingerprint density at radius 3 is 2.52 bits per heavy atom. The lowest BCUT2D eigenvalue weighted by Crippen LogP contribution is -2.43. The summed E-state index contributed by atoms with van der Waals surface area (Å²) in [5.41, 5.74) is 6.20. The Morgan fingerprint density at radius 1 is 1.29 bits per heavy atom. The molecule has 1 aromatic carbocycles. The molecule has 114 valence electrons.